The molecule has 0 spiro atoms. The molecule has 3 aromatic heterocycles. The number of nitrogens with zero attached hydrogens (tertiary/aromatic N) is 5. The van der Waals surface area contributed by atoms with Crippen molar-refractivity contribution in [2.45, 2.75) is 32.7 Å². The Morgan fingerprint density at radius 2 is 2.04 bits per heavy atom. The van der Waals surface area contributed by atoms with E-state index in [4.69, 9.17) is 9.05 Å². The molecular weight excluding hydrogens is 473 g/mol. The van der Waals surface area contributed by atoms with E-state index in [2.05, 4.69) is 49.8 Å². The van der Waals surface area contributed by atoms with Crippen LogP contribution in [0.15, 0.2) is 44.5 Å². The highest BCUT2D eigenvalue weighted by molar-refractivity contribution is 14.0. The van der Waals surface area contributed by atoms with E-state index >= 15 is 0 Å². The van der Waals surface area contributed by atoms with Gasteiger partial charge in [0.25, 0.3) is 5.89 Å². The van der Waals surface area contributed by atoms with Crippen molar-refractivity contribution in [1.29, 1.82) is 0 Å². The van der Waals surface area contributed by atoms with Gasteiger partial charge in [-0.2, -0.15) is 4.98 Å². The molecule has 0 aliphatic carbocycles. The van der Waals surface area contributed by atoms with Crippen molar-refractivity contribution in [2.75, 3.05) is 13.6 Å². The summed E-state index contributed by atoms with van der Waals surface area (Å²) in [5.41, 5.74) is 1.60. The predicted octanol–water partition coefficient (Wildman–Crippen LogP) is 2.77. The topological polar surface area (TPSA) is 114 Å². The van der Waals surface area contributed by atoms with Gasteiger partial charge in [0.1, 0.15) is 5.69 Å². The maximum Gasteiger partial charge on any atom is 0.276 e. The molecule has 0 radical (unpaired) electrons. The quantitative estimate of drug-likeness (QED) is 0.291. The first-order valence-corrected chi connectivity index (χ1v) is 8.79. The van der Waals surface area contributed by atoms with Gasteiger partial charge in [0.05, 0.1) is 12.2 Å². The standard InChI is InChI=1S/C18H23N7O2.HI/c1-12(2)15-10-13(26-24-15)11-22-18(19-3)21-9-7-16-23-17(27-25-16)14-6-4-5-8-20-14;/h4-6,8,10,12H,7,9,11H2,1-3H3,(H2,19,21,22);1H. The molecule has 0 bridgehead atoms. The first-order chi connectivity index (χ1) is 13.2. The number of rotatable bonds is 7. The average Bonchev–Trinajstić information content (AvgIpc) is 3.35. The number of halogens is 1. The molecule has 3 aromatic rings. The predicted molar refractivity (Wildman–Crippen MR) is 115 cm³/mol. The molecular formula is C18H24IN7O2. The van der Waals surface area contributed by atoms with Crippen LogP contribution >= 0.6 is 24.0 Å². The third-order valence-corrected chi connectivity index (χ3v) is 3.82. The Morgan fingerprint density at radius 1 is 1.18 bits per heavy atom. The fraction of sp³-hybridized carbons (Fsp3) is 0.389. The highest BCUT2D eigenvalue weighted by Crippen LogP contribution is 2.14. The molecule has 0 aromatic carbocycles. The lowest BCUT2D eigenvalue weighted by molar-refractivity contribution is 0.372. The third-order valence-electron chi connectivity index (χ3n) is 3.82. The van der Waals surface area contributed by atoms with Crippen LogP contribution in [0.25, 0.3) is 11.6 Å². The molecule has 0 saturated carbocycles. The molecule has 28 heavy (non-hydrogen) atoms. The number of aliphatic imine (C=N–C) groups is 1. The normalized spacial score (nSPS) is 11.4. The maximum absolute atomic E-state index is 5.31. The second-order valence-electron chi connectivity index (χ2n) is 6.21. The van der Waals surface area contributed by atoms with E-state index in [1.54, 1.807) is 13.2 Å². The van der Waals surface area contributed by atoms with E-state index in [0.717, 1.165) is 11.5 Å². The molecule has 0 aliphatic rings. The van der Waals surface area contributed by atoms with Crippen molar-refractivity contribution in [3.05, 3.63) is 47.7 Å². The molecule has 3 rings (SSSR count). The zero-order chi connectivity index (χ0) is 19.1. The summed E-state index contributed by atoms with van der Waals surface area (Å²) in [6, 6.07) is 7.49. The Bertz CT molecular complexity index is 877. The van der Waals surface area contributed by atoms with Crippen molar-refractivity contribution in [1.82, 2.24) is 30.9 Å². The number of hydrogen-bond acceptors (Lipinski definition) is 7. The van der Waals surface area contributed by atoms with E-state index in [1.807, 2.05) is 24.3 Å². The summed E-state index contributed by atoms with van der Waals surface area (Å²) in [7, 11) is 1.71. The summed E-state index contributed by atoms with van der Waals surface area (Å²) in [4.78, 5) is 12.7. The second-order valence-corrected chi connectivity index (χ2v) is 6.21. The molecule has 0 unspecified atom stereocenters. The summed E-state index contributed by atoms with van der Waals surface area (Å²) < 4.78 is 10.6. The largest absolute Gasteiger partial charge is 0.359 e. The number of aromatic nitrogens is 4. The maximum atomic E-state index is 5.31. The van der Waals surface area contributed by atoms with Gasteiger partial charge in [-0.25, -0.2) is 0 Å². The molecule has 10 heteroatoms. The van der Waals surface area contributed by atoms with Crippen LogP contribution in [0.3, 0.4) is 0 Å². The third kappa shape index (κ3) is 6.01. The zero-order valence-corrected chi connectivity index (χ0v) is 18.4. The fourth-order valence-corrected chi connectivity index (χ4v) is 2.32. The Kier molecular flexibility index (Phi) is 8.36. The number of pyridine rings is 1. The van der Waals surface area contributed by atoms with Crippen LogP contribution in [0.4, 0.5) is 0 Å². The van der Waals surface area contributed by atoms with Crippen LogP contribution < -0.4 is 10.6 Å². The minimum absolute atomic E-state index is 0. The highest BCUT2D eigenvalue weighted by Gasteiger charge is 2.10. The molecule has 2 N–H and O–H groups in total. The van der Waals surface area contributed by atoms with Crippen LogP contribution in [-0.4, -0.2) is 39.8 Å². The first kappa shape index (κ1) is 21.8. The molecule has 3 heterocycles. The Labute approximate surface area is 180 Å². The molecule has 9 nitrogen and oxygen atoms in total. The Hall–Kier alpha value is -2.50. The Morgan fingerprint density at radius 3 is 2.71 bits per heavy atom. The van der Waals surface area contributed by atoms with Gasteiger partial charge < -0.3 is 19.7 Å². The monoisotopic (exact) mass is 497 g/mol. The van der Waals surface area contributed by atoms with Gasteiger partial charge in [0, 0.05) is 32.3 Å². The van der Waals surface area contributed by atoms with Crippen LogP contribution in [-0.2, 0) is 13.0 Å². The SMILES string of the molecule is CN=C(NCCc1noc(-c2ccccn2)n1)NCc1cc(C(C)C)no1.I. The highest BCUT2D eigenvalue weighted by atomic mass is 127. The van der Waals surface area contributed by atoms with Gasteiger partial charge in [-0.15, -0.1) is 24.0 Å². The summed E-state index contributed by atoms with van der Waals surface area (Å²) in [6.45, 7) is 5.26. The van der Waals surface area contributed by atoms with Crippen LogP contribution in [0.5, 0.6) is 0 Å². The van der Waals surface area contributed by atoms with Gasteiger partial charge in [-0.1, -0.05) is 30.2 Å². The van der Waals surface area contributed by atoms with Gasteiger partial charge in [-0.3, -0.25) is 9.98 Å². The smallest absolute Gasteiger partial charge is 0.276 e. The average molecular weight is 497 g/mol. The van der Waals surface area contributed by atoms with E-state index in [-0.39, 0.29) is 24.0 Å². The van der Waals surface area contributed by atoms with Gasteiger partial charge in [-0.05, 0) is 18.1 Å². The van der Waals surface area contributed by atoms with Crippen molar-refractivity contribution < 1.29 is 9.05 Å². The Balaban J connectivity index is 0.00000280. The van der Waals surface area contributed by atoms with Crippen LogP contribution in [0.2, 0.25) is 0 Å². The lowest BCUT2D eigenvalue weighted by Crippen LogP contribution is -2.37. The van der Waals surface area contributed by atoms with Crippen molar-refractivity contribution >= 4 is 29.9 Å². The van der Waals surface area contributed by atoms with Gasteiger partial charge >= 0.3 is 0 Å². The molecule has 150 valence electrons. The number of hydrogen-bond donors (Lipinski definition) is 2. The van der Waals surface area contributed by atoms with Crippen molar-refractivity contribution in [3.8, 4) is 11.6 Å². The van der Waals surface area contributed by atoms with Crippen LogP contribution in [0, 0.1) is 0 Å². The molecule has 0 atom stereocenters. The van der Waals surface area contributed by atoms with Crippen LogP contribution in [0.1, 0.15) is 37.0 Å². The molecule has 0 saturated heterocycles. The van der Waals surface area contributed by atoms with Gasteiger partial charge in [0.15, 0.2) is 17.5 Å². The van der Waals surface area contributed by atoms with Crippen molar-refractivity contribution in [2.24, 2.45) is 4.99 Å². The van der Waals surface area contributed by atoms with Gasteiger partial charge in [0.2, 0.25) is 0 Å². The molecule has 0 aliphatic heterocycles. The van der Waals surface area contributed by atoms with E-state index in [0.29, 0.717) is 48.8 Å². The van der Waals surface area contributed by atoms with E-state index < -0.39 is 0 Å². The number of nitrogens with one attached hydrogen (secondary N) is 2. The second kappa shape index (κ2) is 10.7. The summed E-state index contributed by atoms with van der Waals surface area (Å²) in [5, 5.41) is 14.4. The summed E-state index contributed by atoms with van der Waals surface area (Å²) in [5.74, 6) is 2.78. The minimum atomic E-state index is 0. The lowest BCUT2D eigenvalue weighted by atomic mass is 10.1. The molecule has 0 fully saturated rings. The lowest BCUT2D eigenvalue weighted by Gasteiger charge is -2.09. The fourth-order valence-electron chi connectivity index (χ4n) is 2.32. The first-order valence-electron chi connectivity index (χ1n) is 8.79. The van der Waals surface area contributed by atoms with E-state index in [9.17, 15) is 0 Å². The van der Waals surface area contributed by atoms with E-state index in [1.165, 1.54) is 0 Å². The summed E-state index contributed by atoms with van der Waals surface area (Å²) in [6.07, 6.45) is 2.28. The minimum Gasteiger partial charge on any atom is -0.359 e. The zero-order valence-electron chi connectivity index (χ0n) is 16.0. The number of guanidine groups is 1. The molecule has 0 amide bonds. The summed E-state index contributed by atoms with van der Waals surface area (Å²) >= 11 is 0. The van der Waals surface area contributed by atoms with Crippen molar-refractivity contribution in [3.63, 3.8) is 0 Å².